The number of pyridine rings is 1. The number of rotatable bonds is 3. The van der Waals surface area contributed by atoms with Crippen LogP contribution < -0.4 is 16.4 Å². The van der Waals surface area contributed by atoms with E-state index in [-0.39, 0.29) is 17.2 Å². The maximum Gasteiger partial charge on any atom is 0.314 e. The van der Waals surface area contributed by atoms with Gasteiger partial charge in [0.05, 0.1) is 16.0 Å². The standard InChI is InChI=1S/C17H15N5O4/c23-16-17(24)21-15-11-7-9(19-14-3-1-2-6-18-14)4-5-10(11)13(22(25)26)8-12(15)20-16/h1-3,6,8-9H,4-5,7H2,(H,18,19)(H,20,23)(H,21,24). The first kappa shape index (κ1) is 16.0. The van der Waals surface area contributed by atoms with Gasteiger partial charge in [0.1, 0.15) is 5.82 Å². The van der Waals surface area contributed by atoms with Gasteiger partial charge in [-0.3, -0.25) is 19.7 Å². The average Bonchev–Trinajstić information content (AvgIpc) is 2.63. The average molecular weight is 353 g/mol. The van der Waals surface area contributed by atoms with Crippen LogP contribution in [0.5, 0.6) is 0 Å². The molecule has 2 heterocycles. The summed E-state index contributed by atoms with van der Waals surface area (Å²) in [6.45, 7) is 0. The summed E-state index contributed by atoms with van der Waals surface area (Å²) in [7, 11) is 0. The van der Waals surface area contributed by atoms with E-state index in [9.17, 15) is 19.7 Å². The van der Waals surface area contributed by atoms with Crippen LogP contribution >= 0.6 is 0 Å². The number of H-pyrrole nitrogens is 2. The number of aromatic nitrogens is 3. The summed E-state index contributed by atoms with van der Waals surface area (Å²) in [5.41, 5.74) is 0.360. The molecule has 3 N–H and O–H groups in total. The van der Waals surface area contributed by atoms with Crippen molar-refractivity contribution in [2.24, 2.45) is 0 Å². The molecule has 132 valence electrons. The zero-order valence-corrected chi connectivity index (χ0v) is 13.6. The fraction of sp³-hybridized carbons (Fsp3) is 0.235. The molecule has 9 nitrogen and oxygen atoms in total. The Balaban J connectivity index is 1.83. The van der Waals surface area contributed by atoms with E-state index in [0.29, 0.717) is 35.9 Å². The Morgan fingerprint density at radius 3 is 2.73 bits per heavy atom. The Hall–Kier alpha value is -3.49. The summed E-state index contributed by atoms with van der Waals surface area (Å²) >= 11 is 0. The van der Waals surface area contributed by atoms with Crippen LogP contribution in [-0.2, 0) is 12.8 Å². The molecule has 1 unspecified atom stereocenters. The molecule has 1 aromatic carbocycles. The number of nitro benzene ring substituents is 1. The van der Waals surface area contributed by atoms with Gasteiger partial charge in [-0.05, 0) is 37.0 Å². The molecule has 0 spiro atoms. The second-order valence-corrected chi connectivity index (χ2v) is 6.24. The molecular weight excluding hydrogens is 338 g/mol. The van der Waals surface area contributed by atoms with Crippen molar-refractivity contribution < 1.29 is 4.92 Å². The Bertz CT molecular complexity index is 1120. The summed E-state index contributed by atoms with van der Waals surface area (Å²) in [5.74, 6) is 0.720. The molecule has 0 fully saturated rings. The van der Waals surface area contributed by atoms with Crippen LogP contribution in [0.2, 0.25) is 0 Å². The van der Waals surface area contributed by atoms with Gasteiger partial charge < -0.3 is 15.3 Å². The van der Waals surface area contributed by atoms with Gasteiger partial charge >= 0.3 is 11.1 Å². The predicted molar refractivity (Wildman–Crippen MR) is 95.5 cm³/mol. The number of aromatic amines is 2. The van der Waals surface area contributed by atoms with Crippen molar-refractivity contribution in [3.63, 3.8) is 0 Å². The lowest BCUT2D eigenvalue weighted by molar-refractivity contribution is -0.385. The third kappa shape index (κ3) is 2.73. The minimum absolute atomic E-state index is 0.0121. The molecule has 4 rings (SSSR count). The van der Waals surface area contributed by atoms with Crippen LogP contribution in [0.3, 0.4) is 0 Å². The summed E-state index contributed by atoms with van der Waals surface area (Å²) in [5, 5.41) is 14.8. The van der Waals surface area contributed by atoms with Gasteiger partial charge in [0.25, 0.3) is 5.69 Å². The minimum atomic E-state index is -0.828. The van der Waals surface area contributed by atoms with Gasteiger partial charge in [-0.1, -0.05) is 6.07 Å². The van der Waals surface area contributed by atoms with Crippen molar-refractivity contribution in [3.8, 4) is 0 Å². The summed E-state index contributed by atoms with van der Waals surface area (Å²) in [4.78, 5) is 43.6. The van der Waals surface area contributed by atoms with E-state index < -0.39 is 16.0 Å². The first-order valence-electron chi connectivity index (χ1n) is 8.16. The second-order valence-electron chi connectivity index (χ2n) is 6.24. The van der Waals surface area contributed by atoms with Crippen LogP contribution in [0.4, 0.5) is 11.5 Å². The van der Waals surface area contributed by atoms with E-state index in [2.05, 4.69) is 20.3 Å². The molecule has 1 aliphatic rings. The Morgan fingerprint density at radius 1 is 1.19 bits per heavy atom. The minimum Gasteiger partial charge on any atom is -0.367 e. The summed E-state index contributed by atoms with van der Waals surface area (Å²) in [6.07, 6.45) is 3.35. The molecule has 0 amide bonds. The van der Waals surface area contributed by atoms with E-state index in [1.165, 1.54) is 6.07 Å². The molecule has 0 aliphatic heterocycles. The molecule has 1 aliphatic carbocycles. The smallest absolute Gasteiger partial charge is 0.314 e. The van der Waals surface area contributed by atoms with Crippen molar-refractivity contribution in [2.45, 2.75) is 25.3 Å². The molecule has 2 aromatic heterocycles. The lowest BCUT2D eigenvalue weighted by atomic mass is 9.86. The number of fused-ring (bicyclic) bond motifs is 3. The highest BCUT2D eigenvalue weighted by Crippen LogP contribution is 2.34. The van der Waals surface area contributed by atoms with Gasteiger partial charge in [-0.25, -0.2) is 4.98 Å². The molecule has 9 heteroatoms. The van der Waals surface area contributed by atoms with Gasteiger partial charge in [-0.2, -0.15) is 0 Å². The Morgan fingerprint density at radius 2 is 2.00 bits per heavy atom. The van der Waals surface area contributed by atoms with Crippen LogP contribution in [0, 0.1) is 10.1 Å². The quantitative estimate of drug-likeness (QED) is 0.371. The lowest BCUT2D eigenvalue weighted by Gasteiger charge is -2.26. The van der Waals surface area contributed by atoms with E-state index >= 15 is 0 Å². The van der Waals surface area contributed by atoms with Gasteiger partial charge in [0, 0.05) is 23.9 Å². The molecule has 3 aromatic rings. The van der Waals surface area contributed by atoms with Crippen molar-refractivity contribution in [2.75, 3.05) is 5.32 Å². The fourth-order valence-electron chi connectivity index (χ4n) is 3.47. The van der Waals surface area contributed by atoms with Crippen LogP contribution in [0.25, 0.3) is 11.0 Å². The maximum atomic E-state index is 11.8. The van der Waals surface area contributed by atoms with Gasteiger partial charge in [0.2, 0.25) is 0 Å². The fourth-order valence-corrected chi connectivity index (χ4v) is 3.47. The molecule has 1 atom stereocenters. The highest BCUT2D eigenvalue weighted by molar-refractivity contribution is 5.83. The molecule has 26 heavy (non-hydrogen) atoms. The lowest BCUT2D eigenvalue weighted by Crippen LogP contribution is -2.32. The number of anilines is 1. The molecule has 0 saturated carbocycles. The van der Waals surface area contributed by atoms with Crippen molar-refractivity contribution in [3.05, 3.63) is 72.4 Å². The van der Waals surface area contributed by atoms with E-state index in [1.807, 2.05) is 18.2 Å². The van der Waals surface area contributed by atoms with Crippen molar-refractivity contribution in [1.82, 2.24) is 15.0 Å². The number of nitro groups is 1. The molecule has 0 saturated heterocycles. The number of benzene rings is 1. The normalized spacial score (nSPS) is 16.2. The highest BCUT2D eigenvalue weighted by atomic mass is 16.6. The predicted octanol–water partition coefficient (Wildman–Crippen LogP) is 1.49. The Kier molecular flexibility index (Phi) is 3.76. The third-order valence-corrected chi connectivity index (χ3v) is 4.63. The number of nitrogens with zero attached hydrogens (tertiary/aromatic N) is 2. The molecular formula is C17H15N5O4. The Labute approximate surface area is 146 Å². The van der Waals surface area contributed by atoms with Gasteiger partial charge in [-0.15, -0.1) is 0 Å². The number of hydrogen-bond acceptors (Lipinski definition) is 6. The zero-order valence-electron chi connectivity index (χ0n) is 13.6. The second kappa shape index (κ2) is 6.10. The third-order valence-electron chi connectivity index (χ3n) is 4.63. The largest absolute Gasteiger partial charge is 0.367 e. The van der Waals surface area contributed by atoms with E-state index in [4.69, 9.17) is 0 Å². The van der Waals surface area contributed by atoms with Crippen molar-refractivity contribution in [1.29, 1.82) is 0 Å². The highest BCUT2D eigenvalue weighted by Gasteiger charge is 2.28. The van der Waals surface area contributed by atoms with Crippen LogP contribution in [0.1, 0.15) is 17.5 Å². The van der Waals surface area contributed by atoms with Crippen molar-refractivity contribution >= 4 is 22.5 Å². The first-order chi connectivity index (χ1) is 12.5. The first-order valence-corrected chi connectivity index (χ1v) is 8.16. The monoisotopic (exact) mass is 353 g/mol. The topological polar surface area (TPSA) is 134 Å². The molecule has 0 bridgehead atoms. The van der Waals surface area contributed by atoms with Crippen LogP contribution in [-0.4, -0.2) is 25.9 Å². The molecule has 0 radical (unpaired) electrons. The van der Waals surface area contributed by atoms with E-state index in [1.54, 1.807) is 6.20 Å². The number of nitrogens with one attached hydrogen (secondary N) is 3. The summed E-state index contributed by atoms with van der Waals surface area (Å²) < 4.78 is 0. The maximum absolute atomic E-state index is 11.8. The van der Waals surface area contributed by atoms with Gasteiger partial charge in [0.15, 0.2) is 0 Å². The zero-order chi connectivity index (χ0) is 18.3. The van der Waals surface area contributed by atoms with Crippen LogP contribution in [0.15, 0.2) is 40.1 Å². The number of hydrogen-bond donors (Lipinski definition) is 3. The van der Waals surface area contributed by atoms with E-state index in [0.717, 1.165) is 5.82 Å². The summed E-state index contributed by atoms with van der Waals surface area (Å²) in [6, 6.07) is 6.87. The SMILES string of the molecule is O=c1[nH]c2cc([N+](=O)[O-])c3c(c2[nH]c1=O)CC(Nc1ccccn1)CC3.